The van der Waals surface area contributed by atoms with Crippen LogP contribution in [0.5, 0.6) is 0 Å². The predicted molar refractivity (Wildman–Crippen MR) is 74.4 cm³/mol. The smallest absolute Gasteiger partial charge is 0.117 e. The Morgan fingerprint density at radius 3 is 2.50 bits per heavy atom. The average Bonchev–Trinajstić information content (AvgIpc) is 2.89. The first-order chi connectivity index (χ1) is 8.66. The van der Waals surface area contributed by atoms with Gasteiger partial charge in [0.1, 0.15) is 5.76 Å². The van der Waals surface area contributed by atoms with Crippen molar-refractivity contribution in [1.29, 1.82) is 0 Å². The second kappa shape index (κ2) is 5.87. The van der Waals surface area contributed by atoms with Crippen molar-refractivity contribution in [3.05, 3.63) is 60.1 Å². The second-order valence-corrected chi connectivity index (χ2v) is 5.30. The van der Waals surface area contributed by atoms with Gasteiger partial charge in [0.25, 0.3) is 0 Å². The minimum atomic E-state index is 0.114. The van der Waals surface area contributed by atoms with E-state index in [4.69, 9.17) is 4.42 Å². The monoisotopic (exact) mass is 243 g/mol. The molecule has 1 aromatic heterocycles. The predicted octanol–water partition coefficient (Wildman–Crippen LogP) is 3.78. The van der Waals surface area contributed by atoms with E-state index in [9.17, 15) is 0 Å². The fourth-order valence-electron chi connectivity index (χ4n) is 1.93. The minimum Gasteiger partial charge on any atom is -0.468 e. The molecular weight excluding hydrogens is 222 g/mol. The van der Waals surface area contributed by atoms with Crippen molar-refractivity contribution < 1.29 is 4.42 Å². The van der Waals surface area contributed by atoms with E-state index in [2.05, 4.69) is 49.5 Å². The molecular formula is C16H21NO. The van der Waals surface area contributed by atoms with Gasteiger partial charge < -0.3 is 9.73 Å². The van der Waals surface area contributed by atoms with Crippen LogP contribution in [0.3, 0.4) is 0 Å². The highest BCUT2D eigenvalue weighted by atomic mass is 16.3. The van der Waals surface area contributed by atoms with Crippen LogP contribution in [0.4, 0.5) is 0 Å². The topological polar surface area (TPSA) is 25.2 Å². The van der Waals surface area contributed by atoms with Gasteiger partial charge in [-0.2, -0.15) is 0 Å². The Morgan fingerprint density at radius 2 is 1.83 bits per heavy atom. The molecule has 0 spiro atoms. The number of nitrogens with one attached hydrogen (secondary N) is 1. The van der Waals surface area contributed by atoms with Crippen molar-refractivity contribution in [3.8, 4) is 0 Å². The van der Waals surface area contributed by atoms with Crippen LogP contribution in [0.1, 0.15) is 31.6 Å². The zero-order valence-electron chi connectivity index (χ0n) is 11.1. The van der Waals surface area contributed by atoms with E-state index >= 15 is 0 Å². The molecule has 18 heavy (non-hydrogen) atoms. The quantitative estimate of drug-likeness (QED) is 0.835. The fraction of sp³-hybridized carbons (Fsp3) is 0.375. The summed E-state index contributed by atoms with van der Waals surface area (Å²) < 4.78 is 5.33. The molecule has 0 aliphatic heterocycles. The third kappa shape index (κ3) is 4.04. The van der Waals surface area contributed by atoms with Crippen LogP contribution in [-0.4, -0.2) is 5.54 Å². The summed E-state index contributed by atoms with van der Waals surface area (Å²) in [5, 5.41) is 3.54. The van der Waals surface area contributed by atoms with E-state index in [-0.39, 0.29) is 5.54 Å². The van der Waals surface area contributed by atoms with E-state index in [0.717, 1.165) is 25.1 Å². The summed E-state index contributed by atoms with van der Waals surface area (Å²) >= 11 is 0. The van der Waals surface area contributed by atoms with Gasteiger partial charge in [-0.3, -0.25) is 0 Å². The first-order valence-electron chi connectivity index (χ1n) is 6.47. The van der Waals surface area contributed by atoms with E-state index in [0.29, 0.717) is 0 Å². The van der Waals surface area contributed by atoms with Gasteiger partial charge in [0, 0.05) is 5.54 Å². The first kappa shape index (κ1) is 12.9. The summed E-state index contributed by atoms with van der Waals surface area (Å²) in [4.78, 5) is 0. The summed E-state index contributed by atoms with van der Waals surface area (Å²) in [6, 6.07) is 14.5. The molecule has 0 radical (unpaired) electrons. The Morgan fingerprint density at radius 1 is 1.06 bits per heavy atom. The van der Waals surface area contributed by atoms with Crippen LogP contribution in [0, 0.1) is 0 Å². The largest absolute Gasteiger partial charge is 0.468 e. The van der Waals surface area contributed by atoms with Crippen molar-refractivity contribution in [3.63, 3.8) is 0 Å². The van der Waals surface area contributed by atoms with Gasteiger partial charge in [0.15, 0.2) is 0 Å². The normalized spacial score (nSPS) is 11.7. The molecule has 1 aromatic carbocycles. The van der Waals surface area contributed by atoms with Crippen LogP contribution >= 0.6 is 0 Å². The minimum absolute atomic E-state index is 0.114. The Labute approximate surface area is 109 Å². The molecule has 0 atom stereocenters. The van der Waals surface area contributed by atoms with Gasteiger partial charge in [-0.1, -0.05) is 30.3 Å². The van der Waals surface area contributed by atoms with Crippen molar-refractivity contribution in [1.82, 2.24) is 5.32 Å². The molecule has 0 saturated carbocycles. The van der Waals surface area contributed by atoms with Gasteiger partial charge >= 0.3 is 0 Å². The van der Waals surface area contributed by atoms with Crippen LogP contribution in [0.2, 0.25) is 0 Å². The summed E-state index contributed by atoms with van der Waals surface area (Å²) in [5.74, 6) is 0.989. The number of furan rings is 1. The molecule has 1 N–H and O–H groups in total. The van der Waals surface area contributed by atoms with E-state index in [1.165, 1.54) is 5.56 Å². The van der Waals surface area contributed by atoms with Gasteiger partial charge in [-0.25, -0.2) is 0 Å². The Balaban J connectivity index is 1.80. The summed E-state index contributed by atoms with van der Waals surface area (Å²) in [7, 11) is 0. The molecule has 0 aliphatic carbocycles. The Kier molecular flexibility index (Phi) is 4.21. The van der Waals surface area contributed by atoms with Gasteiger partial charge in [-0.15, -0.1) is 0 Å². The first-order valence-corrected chi connectivity index (χ1v) is 6.47. The van der Waals surface area contributed by atoms with Crippen molar-refractivity contribution in [2.24, 2.45) is 0 Å². The molecule has 0 bridgehead atoms. The number of hydrogen-bond acceptors (Lipinski definition) is 2. The highest BCUT2D eigenvalue weighted by Crippen LogP contribution is 2.14. The number of hydrogen-bond donors (Lipinski definition) is 1. The van der Waals surface area contributed by atoms with Crippen LogP contribution in [0.25, 0.3) is 0 Å². The lowest BCUT2D eigenvalue weighted by Gasteiger charge is -2.26. The van der Waals surface area contributed by atoms with Crippen LogP contribution < -0.4 is 5.32 Å². The third-order valence-electron chi connectivity index (χ3n) is 3.20. The lowest BCUT2D eigenvalue weighted by Crippen LogP contribution is -2.39. The van der Waals surface area contributed by atoms with Crippen molar-refractivity contribution in [2.75, 3.05) is 0 Å². The molecule has 2 nitrogen and oxygen atoms in total. The third-order valence-corrected chi connectivity index (χ3v) is 3.20. The molecule has 0 aliphatic rings. The van der Waals surface area contributed by atoms with E-state index < -0.39 is 0 Å². The molecule has 1 heterocycles. The molecule has 0 amide bonds. The lowest BCUT2D eigenvalue weighted by atomic mass is 9.95. The number of rotatable bonds is 6. The second-order valence-electron chi connectivity index (χ2n) is 5.30. The molecule has 2 aromatic rings. The maximum atomic E-state index is 5.33. The van der Waals surface area contributed by atoms with Gasteiger partial charge in [0.05, 0.1) is 12.8 Å². The fourth-order valence-corrected chi connectivity index (χ4v) is 1.93. The maximum absolute atomic E-state index is 5.33. The van der Waals surface area contributed by atoms with E-state index in [1.54, 1.807) is 6.26 Å². The number of benzene rings is 1. The molecule has 2 heteroatoms. The Bertz CT molecular complexity index is 445. The van der Waals surface area contributed by atoms with Gasteiger partial charge in [-0.05, 0) is 44.4 Å². The molecule has 0 fully saturated rings. The van der Waals surface area contributed by atoms with E-state index in [1.807, 2.05) is 12.1 Å². The zero-order chi connectivity index (χ0) is 12.8. The van der Waals surface area contributed by atoms with Crippen molar-refractivity contribution in [2.45, 2.75) is 38.8 Å². The summed E-state index contributed by atoms with van der Waals surface area (Å²) in [6.45, 7) is 5.26. The average molecular weight is 243 g/mol. The van der Waals surface area contributed by atoms with Crippen LogP contribution in [0.15, 0.2) is 53.1 Å². The molecule has 0 unspecified atom stereocenters. The highest BCUT2D eigenvalue weighted by Gasteiger charge is 2.17. The van der Waals surface area contributed by atoms with Gasteiger partial charge in [0.2, 0.25) is 0 Å². The lowest BCUT2D eigenvalue weighted by molar-refractivity contribution is 0.340. The molecule has 0 saturated heterocycles. The Hall–Kier alpha value is -1.54. The highest BCUT2D eigenvalue weighted by molar-refractivity contribution is 5.15. The van der Waals surface area contributed by atoms with Crippen molar-refractivity contribution >= 4 is 0 Å². The molecule has 96 valence electrons. The van der Waals surface area contributed by atoms with Crippen LogP contribution in [-0.2, 0) is 13.0 Å². The SMILES string of the molecule is CC(C)(CCc1ccccc1)NCc1ccco1. The standard InChI is InChI=1S/C16H21NO/c1-16(2,17-13-15-9-6-12-18-15)11-10-14-7-4-3-5-8-14/h3-9,12,17H,10-11,13H2,1-2H3. The summed E-state index contributed by atoms with van der Waals surface area (Å²) in [5.41, 5.74) is 1.51. The zero-order valence-corrected chi connectivity index (χ0v) is 11.1. The maximum Gasteiger partial charge on any atom is 0.117 e. The number of aryl methyl sites for hydroxylation is 1. The summed E-state index contributed by atoms with van der Waals surface area (Å²) in [6.07, 6.45) is 3.92. The molecule has 2 rings (SSSR count).